The van der Waals surface area contributed by atoms with E-state index >= 15 is 0 Å². The lowest BCUT2D eigenvalue weighted by atomic mass is 10.2. The number of rotatable bonds is 2. The van der Waals surface area contributed by atoms with E-state index < -0.39 is 0 Å². The highest BCUT2D eigenvalue weighted by atomic mass is 79.9. The summed E-state index contributed by atoms with van der Waals surface area (Å²) >= 11 is 29.7. The Hall–Kier alpha value is -2.24. The van der Waals surface area contributed by atoms with Crippen LogP contribution in [0.1, 0.15) is 11.1 Å². The van der Waals surface area contributed by atoms with Crippen LogP contribution in [0.2, 0.25) is 20.1 Å². The van der Waals surface area contributed by atoms with Crippen molar-refractivity contribution in [2.45, 2.75) is 0 Å². The Kier molecular flexibility index (Phi) is 12.6. The normalized spacial score (nSPS) is 10.3. The summed E-state index contributed by atoms with van der Waals surface area (Å²) in [6.45, 7) is 0. The van der Waals surface area contributed by atoms with Gasteiger partial charge in [-0.15, -0.1) is 0 Å². The number of anilines is 1. The fourth-order valence-corrected chi connectivity index (χ4v) is 3.94. The highest BCUT2D eigenvalue weighted by Gasteiger charge is 2.05. The molecular weight excluding hydrogens is 670 g/mol. The summed E-state index contributed by atoms with van der Waals surface area (Å²) in [5.74, 6) is 0.360. The molecule has 0 heterocycles. The second-order valence-electron chi connectivity index (χ2n) is 6.89. The van der Waals surface area contributed by atoms with Gasteiger partial charge in [-0.3, -0.25) is 0 Å². The summed E-state index contributed by atoms with van der Waals surface area (Å²) in [5, 5.41) is 10.4. The number of amidine groups is 1. The van der Waals surface area contributed by atoms with E-state index in [9.17, 15) is 0 Å². The van der Waals surface area contributed by atoms with Gasteiger partial charge >= 0.3 is 0 Å². The third kappa shape index (κ3) is 10.4. The Morgan fingerprint density at radius 2 is 1.22 bits per heavy atom. The number of nitrogen functional groups attached to an aromatic ring is 1. The van der Waals surface area contributed by atoms with Gasteiger partial charge in [-0.25, -0.2) is 4.99 Å². The average Bonchev–Trinajstić information content (AvgIpc) is 2.83. The predicted octanol–water partition coefficient (Wildman–Crippen LogP) is 9.69. The third-order valence-corrected chi connectivity index (χ3v) is 6.36. The van der Waals surface area contributed by atoms with Gasteiger partial charge < -0.3 is 11.5 Å². The van der Waals surface area contributed by atoms with Crippen LogP contribution in [0.5, 0.6) is 0 Å². The molecule has 4 aromatic carbocycles. The summed E-state index contributed by atoms with van der Waals surface area (Å²) in [5.41, 5.74) is 14.0. The van der Waals surface area contributed by atoms with E-state index in [-0.39, 0.29) is 0 Å². The van der Waals surface area contributed by atoms with Crippen LogP contribution in [0, 0.1) is 11.3 Å². The molecule has 0 atom stereocenters. The second kappa shape index (κ2) is 15.1. The van der Waals surface area contributed by atoms with E-state index in [4.69, 9.17) is 63.1 Å². The van der Waals surface area contributed by atoms with Crippen LogP contribution in [0.3, 0.4) is 0 Å². The Morgan fingerprint density at radius 3 is 1.69 bits per heavy atom. The fourth-order valence-electron chi connectivity index (χ4n) is 2.46. The lowest BCUT2D eigenvalue weighted by Gasteiger charge is -2.04. The molecule has 0 aliphatic heterocycles. The van der Waals surface area contributed by atoms with Crippen LogP contribution in [0.25, 0.3) is 0 Å². The van der Waals surface area contributed by atoms with Crippen LogP contribution in [0.4, 0.5) is 11.4 Å². The van der Waals surface area contributed by atoms with E-state index in [1.54, 1.807) is 36.4 Å². The van der Waals surface area contributed by atoms with E-state index in [0.29, 0.717) is 37.1 Å². The van der Waals surface area contributed by atoms with Crippen molar-refractivity contribution in [3.05, 3.63) is 125 Å². The lowest BCUT2D eigenvalue weighted by Crippen LogP contribution is -2.13. The minimum Gasteiger partial charge on any atom is -0.399 e. The monoisotopic (exact) mass is 684 g/mol. The van der Waals surface area contributed by atoms with E-state index in [0.717, 1.165) is 20.3 Å². The van der Waals surface area contributed by atoms with Gasteiger partial charge in [0.15, 0.2) is 0 Å². The van der Waals surface area contributed by atoms with Crippen molar-refractivity contribution < 1.29 is 0 Å². The standard InChI is InChI=1S/C13H9BrCl2N2.C7H3Cl2N.C6H6BrN/c14-8-1-4-10(5-2-8)18-13(17)11-6-3-9(15)7-12(11)16;8-6-2-1-5(4-10)7(9)3-6;7-5-1-3-6(8)4-2-5/h1-7H,(H2,17,18);1-3H;1-4H,8H2. The quantitative estimate of drug-likeness (QED) is 0.125. The van der Waals surface area contributed by atoms with Crippen molar-refractivity contribution in [3.63, 3.8) is 0 Å². The molecule has 0 aromatic heterocycles. The topological polar surface area (TPSA) is 88.2 Å². The molecule has 4 nitrogen and oxygen atoms in total. The van der Waals surface area contributed by atoms with Crippen LogP contribution >= 0.6 is 78.3 Å². The number of aliphatic imine (C=N–C) groups is 1. The second-order valence-corrected chi connectivity index (χ2v) is 10.4. The molecule has 0 fully saturated rings. The maximum atomic E-state index is 8.43. The van der Waals surface area contributed by atoms with Gasteiger partial charge in [0, 0.05) is 30.2 Å². The fraction of sp³-hybridized carbons (Fsp3) is 0. The molecule has 0 bridgehead atoms. The smallest absolute Gasteiger partial charge is 0.132 e. The first-order chi connectivity index (χ1) is 17.1. The molecule has 0 amide bonds. The van der Waals surface area contributed by atoms with Crippen molar-refractivity contribution in [3.8, 4) is 6.07 Å². The molecule has 10 heteroatoms. The molecule has 0 aliphatic rings. The molecule has 4 N–H and O–H groups in total. The minimum absolute atomic E-state index is 0.360. The molecule has 0 radical (unpaired) electrons. The van der Waals surface area contributed by atoms with Crippen LogP contribution in [-0.4, -0.2) is 5.84 Å². The van der Waals surface area contributed by atoms with E-state index in [2.05, 4.69) is 36.9 Å². The van der Waals surface area contributed by atoms with Crippen molar-refractivity contribution in [2.75, 3.05) is 5.73 Å². The van der Waals surface area contributed by atoms with Crippen LogP contribution in [-0.2, 0) is 0 Å². The molecule has 0 unspecified atom stereocenters. The number of hydrogen-bond donors (Lipinski definition) is 2. The molecule has 0 saturated carbocycles. The first kappa shape index (κ1) is 30.0. The van der Waals surface area contributed by atoms with Gasteiger partial charge in [0.05, 0.1) is 21.3 Å². The average molecular weight is 688 g/mol. The number of hydrogen-bond acceptors (Lipinski definition) is 3. The first-order valence-electron chi connectivity index (χ1n) is 10.0. The molecule has 184 valence electrons. The molecule has 0 spiro atoms. The summed E-state index contributed by atoms with van der Waals surface area (Å²) in [7, 11) is 0. The maximum Gasteiger partial charge on any atom is 0.132 e. The highest BCUT2D eigenvalue weighted by Crippen LogP contribution is 2.23. The maximum absolute atomic E-state index is 8.43. The molecule has 0 aliphatic carbocycles. The van der Waals surface area contributed by atoms with Crippen molar-refractivity contribution >= 4 is 95.5 Å². The SMILES string of the molecule is N#Cc1ccc(Cl)cc1Cl.NC(=Nc1ccc(Br)cc1)c1ccc(Cl)cc1Cl.Nc1ccc(Br)cc1. The number of nitrogens with zero attached hydrogens (tertiary/aromatic N) is 2. The zero-order valence-corrected chi connectivity index (χ0v) is 24.6. The van der Waals surface area contributed by atoms with E-state index in [1.807, 2.05) is 54.6 Å². The van der Waals surface area contributed by atoms with Crippen LogP contribution < -0.4 is 11.5 Å². The van der Waals surface area contributed by atoms with Gasteiger partial charge in [-0.1, -0.05) is 78.3 Å². The van der Waals surface area contributed by atoms with Gasteiger partial charge in [0.2, 0.25) is 0 Å². The van der Waals surface area contributed by atoms with Crippen LogP contribution in [0.15, 0.2) is 98.9 Å². The number of benzene rings is 4. The van der Waals surface area contributed by atoms with Gasteiger partial charge in [0.25, 0.3) is 0 Å². The highest BCUT2D eigenvalue weighted by molar-refractivity contribution is 9.10. The summed E-state index contributed by atoms with van der Waals surface area (Å²) in [6, 6.07) is 26.9. The molecule has 36 heavy (non-hydrogen) atoms. The largest absolute Gasteiger partial charge is 0.399 e. The molecule has 4 aromatic rings. The Balaban J connectivity index is 0.000000213. The molecule has 0 saturated heterocycles. The van der Waals surface area contributed by atoms with Gasteiger partial charge in [0.1, 0.15) is 11.9 Å². The van der Waals surface area contributed by atoms with Gasteiger partial charge in [-0.05, 0) is 84.9 Å². The Morgan fingerprint density at radius 1 is 0.722 bits per heavy atom. The summed E-state index contributed by atoms with van der Waals surface area (Å²) < 4.78 is 2.05. The third-order valence-electron chi connectivity index (χ3n) is 4.20. The molecular formula is C26H18Br2Cl4N4. The molecule has 4 rings (SSSR count). The lowest BCUT2D eigenvalue weighted by molar-refractivity contribution is 1.44. The van der Waals surface area contributed by atoms with Gasteiger partial charge in [-0.2, -0.15) is 5.26 Å². The minimum atomic E-state index is 0.360. The summed E-state index contributed by atoms with van der Waals surface area (Å²) in [6.07, 6.45) is 0. The number of nitriles is 1. The predicted molar refractivity (Wildman–Crippen MR) is 161 cm³/mol. The Bertz CT molecular complexity index is 1350. The number of nitrogens with two attached hydrogens (primary N) is 2. The Labute approximate surface area is 246 Å². The zero-order chi connectivity index (χ0) is 26.7. The van der Waals surface area contributed by atoms with Crippen molar-refractivity contribution in [1.82, 2.24) is 0 Å². The van der Waals surface area contributed by atoms with Crippen molar-refractivity contribution in [2.24, 2.45) is 10.7 Å². The number of halogens is 6. The zero-order valence-electron chi connectivity index (χ0n) is 18.4. The summed E-state index contributed by atoms with van der Waals surface area (Å²) in [4.78, 5) is 4.31. The van der Waals surface area contributed by atoms with E-state index in [1.165, 1.54) is 0 Å². The first-order valence-corrected chi connectivity index (χ1v) is 13.1. The van der Waals surface area contributed by atoms with Crippen molar-refractivity contribution in [1.29, 1.82) is 5.26 Å².